The Kier molecular flexibility index (Phi) is 3.89. The first-order valence-electron chi connectivity index (χ1n) is 6.40. The van der Waals surface area contributed by atoms with Crippen molar-refractivity contribution in [1.29, 1.82) is 0 Å². The molecule has 2 rings (SSSR count). The summed E-state index contributed by atoms with van der Waals surface area (Å²) in [7, 11) is -3.56. The van der Waals surface area contributed by atoms with Crippen molar-refractivity contribution in [2.75, 3.05) is 12.4 Å². The van der Waals surface area contributed by atoms with Gasteiger partial charge >= 0.3 is 0 Å². The minimum absolute atomic E-state index is 0.163. The van der Waals surface area contributed by atoms with E-state index >= 15 is 0 Å². The zero-order valence-electron chi connectivity index (χ0n) is 12.5. The van der Waals surface area contributed by atoms with E-state index in [0.717, 1.165) is 5.56 Å². The Morgan fingerprint density at radius 3 is 2.62 bits per heavy atom. The molecule has 9 heteroatoms. The Morgan fingerprint density at radius 2 is 2.00 bits per heavy atom. The number of primary sulfonamides is 1. The lowest BCUT2D eigenvalue weighted by atomic mass is 9.98. The molecule has 0 radical (unpaired) electrons. The summed E-state index contributed by atoms with van der Waals surface area (Å²) in [4.78, 5) is 4.21. The van der Waals surface area contributed by atoms with Crippen LogP contribution < -0.4 is 9.88 Å². The van der Waals surface area contributed by atoms with Crippen LogP contribution in [-0.2, 0) is 10.0 Å². The number of fused-ring (bicyclic) bond motifs is 1. The summed E-state index contributed by atoms with van der Waals surface area (Å²) >= 11 is 0. The number of hydrogen-bond donors (Lipinski definition) is 1. The van der Waals surface area contributed by atoms with Crippen molar-refractivity contribution in [2.45, 2.75) is 27.7 Å². The molecule has 0 aliphatic heterocycles. The van der Waals surface area contributed by atoms with Gasteiger partial charge in [-0.3, -0.25) is 0 Å². The van der Waals surface area contributed by atoms with E-state index in [9.17, 15) is 8.42 Å². The van der Waals surface area contributed by atoms with E-state index in [-0.39, 0.29) is 12.4 Å². The summed E-state index contributed by atoms with van der Waals surface area (Å²) in [6.07, 6.45) is 0. The Morgan fingerprint density at radius 1 is 1.33 bits per heavy atom. The number of nitrogens with two attached hydrogens (primary N) is 1. The molecule has 2 aromatic heterocycles. The second kappa shape index (κ2) is 5.23. The van der Waals surface area contributed by atoms with Crippen molar-refractivity contribution in [3.05, 3.63) is 17.5 Å². The van der Waals surface area contributed by atoms with E-state index in [4.69, 9.17) is 9.88 Å². The average Bonchev–Trinajstić information content (AvgIpc) is 2.62. The predicted octanol–water partition coefficient (Wildman–Crippen LogP) is 0.435. The van der Waals surface area contributed by atoms with Gasteiger partial charge in [0.05, 0.1) is 12.4 Å². The molecule has 0 unspecified atom stereocenters. The van der Waals surface area contributed by atoms with Crippen LogP contribution >= 0.6 is 0 Å². The van der Waals surface area contributed by atoms with Crippen LogP contribution in [0, 0.1) is 19.3 Å². The molecular formula is C12H19N5O3S. The van der Waals surface area contributed by atoms with Gasteiger partial charge in [-0.2, -0.15) is 0 Å². The van der Waals surface area contributed by atoms with Gasteiger partial charge in [-0.1, -0.05) is 13.8 Å². The molecule has 0 fully saturated rings. The van der Waals surface area contributed by atoms with Gasteiger partial charge in [0.25, 0.3) is 0 Å². The van der Waals surface area contributed by atoms with Gasteiger partial charge in [0, 0.05) is 11.0 Å². The summed E-state index contributed by atoms with van der Waals surface area (Å²) in [6, 6.07) is 1.81. The van der Waals surface area contributed by atoms with Crippen LogP contribution in [0.1, 0.15) is 25.2 Å². The third-order valence-electron chi connectivity index (χ3n) is 2.78. The molecule has 21 heavy (non-hydrogen) atoms. The van der Waals surface area contributed by atoms with Crippen molar-refractivity contribution in [2.24, 2.45) is 10.6 Å². The summed E-state index contributed by atoms with van der Waals surface area (Å²) in [5.74, 6) is 0.854. The maximum absolute atomic E-state index is 11.2. The van der Waals surface area contributed by atoms with Crippen LogP contribution in [0.5, 0.6) is 5.88 Å². The van der Waals surface area contributed by atoms with Crippen LogP contribution in [-0.4, -0.2) is 40.6 Å². The summed E-state index contributed by atoms with van der Waals surface area (Å²) in [5, 5.41) is 13.4. The number of sulfonamides is 1. The Hall–Kier alpha value is -1.74. The van der Waals surface area contributed by atoms with Crippen molar-refractivity contribution < 1.29 is 13.2 Å². The first kappa shape index (κ1) is 15.6. The van der Waals surface area contributed by atoms with Crippen molar-refractivity contribution >= 4 is 15.7 Å². The molecule has 0 aromatic carbocycles. The number of ether oxygens (including phenoxy) is 1. The van der Waals surface area contributed by atoms with E-state index in [0.29, 0.717) is 17.4 Å². The van der Waals surface area contributed by atoms with Gasteiger partial charge in [0.2, 0.25) is 15.9 Å². The Labute approximate surface area is 123 Å². The number of aryl methyl sites for hydroxylation is 2. The van der Waals surface area contributed by atoms with Crippen LogP contribution in [0.15, 0.2) is 6.07 Å². The quantitative estimate of drug-likeness (QED) is 0.856. The monoisotopic (exact) mass is 313 g/mol. The highest BCUT2D eigenvalue weighted by Gasteiger charge is 2.25. The number of hydrogen-bond acceptors (Lipinski definition) is 6. The Bertz CT molecular complexity index is 767. The van der Waals surface area contributed by atoms with Gasteiger partial charge in [-0.05, 0) is 19.9 Å². The molecule has 2 N–H and O–H groups in total. The standard InChI is InChI=1S/C12H19N5O3S/c1-8-5-10-14-9(2)15-17(10)16-11(8)20-6-12(3,4)7-21(13,18)19/h5H,6-7H2,1-4H3,(H2,13,18,19). The van der Waals surface area contributed by atoms with E-state index < -0.39 is 15.4 Å². The third-order valence-corrected chi connectivity index (χ3v) is 3.96. The molecule has 0 spiro atoms. The summed E-state index contributed by atoms with van der Waals surface area (Å²) < 4.78 is 29.4. The molecule has 0 saturated heterocycles. The zero-order chi connectivity index (χ0) is 15.8. The van der Waals surface area contributed by atoms with Crippen molar-refractivity contribution in [3.63, 3.8) is 0 Å². The predicted molar refractivity (Wildman–Crippen MR) is 77.5 cm³/mol. The maximum Gasteiger partial charge on any atom is 0.236 e. The second-order valence-electron chi connectivity index (χ2n) is 5.90. The van der Waals surface area contributed by atoms with E-state index in [1.54, 1.807) is 20.8 Å². The van der Waals surface area contributed by atoms with Crippen LogP contribution in [0.4, 0.5) is 0 Å². The van der Waals surface area contributed by atoms with Crippen LogP contribution in [0.2, 0.25) is 0 Å². The molecule has 0 bridgehead atoms. The largest absolute Gasteiger partial charge is 0.476 e. The first-order chi connectivity index (χ1) is 9.56. The number of aromatic nitrogens is 4. The van der Waals surface area contributed by atoms with Gasteiger partial charge in [-0.15, -0.1) is 14.8 Å². The van der Waals surface area contributed by atoms with Crippen molar-refractivity contribution in [1.82, 2.24) is 19.8 Å². The second-order valence-corrected chi connectivity index (χ2v) is 7.51. The lowest BCUT2D eigenvalue weighted by molar-refractivity contribution is 0.189. The van der Waals surface area contributed by atoms with Gasteiger partial charge in [0.1, 0.15) is 5.82 Å². The normalized spacial score (nSPS) is 12.8. The summed E-state index contributed by atoms with van der Waals surface area (Å²) in [5.41, 5.74) is 0.831. The van der Waals surface area contributed by atoms with Gasteiger partial charge in [-0.25, -0.2) is 18.5 Å². The maximum atomic E-state index is 11.2. The Balaban J connectivity index is 2.18. The van der Waals surface area contributed by atoms with Crippen LogP contribution in [0.3, 0.4) is 0 Å². The van der Waals surface area contributed by atoms with Crippen molar-refractivity contribution in [3.8, 4) is 5.88 Å². The SMILES string of the molecule is Cc1nc2cc(C)c(OCC(C)(C)CS(N)(=O)=O)nn2n1. The number of rotatable bonds is 5. The highest BCUT2D eigenvalue weighted by molar-refractivity contribution is 7.89. The lowest BCUT2D eigenvalue weighted by Gasteiger charge is -2.23. The smallest absolute Gasteiger partial charge is 0.236 e. The van der Waals surface area contributed by atoms with E-state index in [2.05, 4.69) is 15.2 Å². The lowest BCUT2D eigenvalue weighted by Crippen LogP contribution is -2.33. The first-order valence-corrected chi connectivity index (χ1v) is 8.12. The van der Waals surface area contributed by atoms with Crippen LogP contribution in [0.25, 0.3) is 5.65 Å². The van der Waals surface area contributed by atoms with E-state index in [1.807, 2.05) is 13.0 Å². The molecule has 0 aliphatic rings. The molecular weight excluding hydrogens is 294 g/mol. The third kappa shape index (κ3) is 4.11. The molecule has 116 valence electrons. The van der Waals surface area contributed by atoms with Gasteiger partial charge in [0.15, 0.2) is 5.65 Å². The molecule has 0 aliphatic carbocycles. The fraction of sp³-hybridized carbons (Fsp3) is 0.583. The highest BCUT2D eigenvalue weighted by Crippen LogP contribution is 2.21. The minimum atomic E-state index is -3.56. The molecule has 0 amide bonds. The number of nitrogens with zero attached hydrogens (tertiary/aromatic N) is 4. The molecule has 2 aromatic rings. The molecule has 0 atom stereocenters. The molecule has 2 heterocycles. The fourth-order valence-electron chi connectivity index (χ4n) is 2.00. The molecule has 8 nitrogen and oxygen atoms in total. The van der Waals surface area contributed by atoms with E-state index in [1.165, 1.54) is 4.63 Å². The fourth-order valence-corrected chi connectivity index (χ4v) is 3.17. The minimum Gasteiger partial charge on any atom is -0.476 e. The molecule has 0 saturated carbocycles. The average molecular weight is 313 g/mol. The topological polar surface area (TPSA) is 112 Å². The zero-order valence-corrected chi connectivity index (χ0v) is 13.3. The van der Waals surface area contributed by atoms with Gasteiger partial charge < -0.3 is 4.74 Å². The highest BCUT2D eigenvalue weighted by atomic mass is 32.2. The summed E-state index contributed by atoms with van der Waals surface area (Å²) in [6.45, 7) is 7.34.